The van der Waals surface area contributed by atoms with Gasteiger partial charge in [-0.3, -0.25) is 9.10 Å². The molecule has 29 heavy (non-hydrogen) atoms. The molecular weight excluding hydrogens is 391 g/mol. The van der Waals surface area contributed by atoms with Gasteiger partial charge in [0.25, 0.3) is 0 Å². The number of benzene rings is 2. The van der Waals surface area contributed by atoms with Crippen molar-refractivity contribution in [3.8, 4) is 0 Å². The van der Waals surface area contributed by atoms with Gasteiger partial charge in [0.2, 0.25) is 15.9 Å². The molecule has 0 bridgehead atoms. The first-order valence-corrected chi connectivity index (χ1v) is 11.3. The monoisotopic (exact) mass is 420 g/mol. The molecule has 5 nitrogen and oxygen atoms in total. The van der Waals surface area contributed by atoms with Gasteiger partial charge in [-0.1, -0.05) is 57.2 Å². The van der Waals surface area contributed by atoms with Crippen molar-refractivity contribution in [1.29, 1.82) is 0 Å². The molecule has 0 saturated heterocycles. The fourth-order valence-electron chi connectivity index (χ4n) is 3.10. The lowest BCUT2D eigenvalue weighted by atomic mass is 9.86. The Bertz CT molecular complexity index is 966. The molecule has 0 aliphatic carbocycles. The van der Waals surface area contributed by atoms with Crippen LogP contribution in [-0.4, -0.2) is 26.6 Å². The van der Waals surface area contributed by atoms with Gasteiger partial charge in [0, 0.05) is 0 Å². The van der Waals surface area contributed by atoms with E-state index in [9.17, 15) is 17.6 Å². The van der Waals surface area contributed by atoms with Gasteiger partial charge < -0.3 is 5.32 Å². The SMILES string of the molecule is CC(NC(=O)C(C)N(c1ccccc1F)S(C)(=O)=O)c1ccc(C(C)(C)C)cc1. The Morgan fingerprint density at radius 2 is 1.59 bits per heavy atom. The number of hydrogen-bond acceptors (Lipinski definition) is 3. The lowest BCUT2D eigenvalue weighted by molar-refractivity contribution is -0.122. The van der Waals surface area contributed by atoms with E-state index in [1.807, 2.05) is 31.2 Å². The summed E-state index contributed by atoms with van der Waals surface area (Å²) in [6.07, 6.45) is 0.956. The number of amides is 1. The van der Waals surface area contributed by atoms with Crippen molar-refractivity contribution in [3.63, 3.8) is 0 Å². The molecule has 0 heterocycles. The molecule has 0 aliphatic rings. The number of carbonyl (C=O) groups excluding carboxylic acids is 1. The van der Waals surface area contributed by atoms with Gasteiger partial charge in [-0.05, 0) is 42.5 Å². The number of anilines is 1. The molecular formula is C22H29FN2O3S. The normalized spacial score (nSPS) is 14.2. The third-order valence-corrected chi connectivity index (χ3v) is 6.04. The van der Waals surface area contributed by atoms with Crippen molar-refractivity contribution in [2.45, 2.75) is 52.1 Å². The average Bonchev–Trinajstić information content (AvgIpc) is 2.61. The van der Waals surface area contributed by atoms with Gasteiger partial charge in [0.05, 0.1) is 18.0 Å². The number of carbonyl (C=O) groups is 1. The molecule has 0 aromatic heterocycles. The molecule has 0 aliphatic heterocycles. The van der Waals surface area contributed by atoms with Crippen molar-refractivity contribution >= 4 is 21.6 Å². The van der Waals surface area contributed by atoms with Crippen LogP contribution in [0.1, 0.15) is 51.8 Å². The van der Waals surface area contributed by atoms with E-state index in [2.05, 4.69) is 26.1 Å². The van der Waals surface area contributed by atoms with E-state index < -0.39 is 27.8 Å². The second-order valence-electron chi connectivity index (χ2n) is 8.29. The standard InChI is InChI=1S/C22H29FN2O3S/c1-15(17-11-13-18(14-12-17)22(3,4)5)24-21(26)16(2)25(29(6,27)28)20-10-8-7-9-19(20)23/h7-16H,1-6H3,(H,24,26). The lowest BCUT2D eigenvalue weighted by Crippen LogP contribution is -2.48. The Morgan fingerprint density at radius 1 is 1.03 bits per heavy atom. The number of hydrogen-bond donors (Lipinski definition) is 1. The van der Waals surface area contributed by atoms with Crippen LogP contribution in [0.3, 0.4) is 0 Å². The Balaban J connectivity index is 2.22. The summed E-state index contributed by atoms with van der Waals surface area (Å²) in [5.41, 5.74) is 1.95. The fourth-order valence-corrected chi connectivity index (χ4v) is 4.28. The van der Waals surface area contributed by atoms with Gasteiger partial charge in [-0.15, -0.1) is 0 Å². The second kappa shape index (κ2) is 8.53. The Labute approximate surface area is 173 Å². The van der Waals surface area contributed by atoms with Crippen molar-refractivity contribution in [2.24, 2.45) is 0 Å². The highest BCUT2D eigenvalue weighted by Crippen LogP contribution is 2.26. The molecule has 2 atom stereocenters. The zero-order chi connectivity index (χ0) is 22.0. The van der Waals surface area contributed by atoms with Crippen LogP contribution in [0.25, 0.3) is 0 Å². The number of nitrogens with one attached hydrogen (secondary N) is 1. The van der Waals surface area contributed by atoms with Crippen LogP contribution in [0.4, 0.5) is 10.1 Å². The number of halogens is 1. The molecule has 0 radical (unpaired) electrons. The molecule has 2 unspecified atom stereocenters. The molecule has 2 aromatic rings. The van der Waals surface area contributed by atoms with E-state index in [0.717, 1.165) is 22.2 Å². The first kappa shape index (κ1) is 22.9. The highest BCUT2D eigenvalue weighted by atomic mass is 32.2. The third-order valence-electron chi connectivity index (χ3n) is 4.81. The molecule has 2 rings (SSSR count). The van der Waals surface area contributed by atoms with E-state index >= 15 is 0 Å². The van der Waals surface area contributed by atoms with Crippen molar-refractivity contribution < 1.29 is 17.6 Å². The Morgan fingerprint density at radius 3 is 2.07 bits per heavy atom. The second-order valence-corrected chi connectivity index (χ2v) is 10.1. The molecule has 0 saturated carbocycles. The third kappa shape index (κ3) is 5.56. The van der Waals surface area contributed by atoms with Crippen LogP contribution in [0.2, 0.25) is 0 Å². The Hall–Kier alpha value is -2.41. The molecule has 0 fully saturated rings. The maximum atomic E-state index is 14.2. The highest BCUT2D eigenvalue weighted by Gasteiger charge is 2.31. The van der Waals surface area contributed by atoms with E-state index in [4.69, 9.17) is 0 Å². The van der Waals surface area contributed by atoms with Crippen molar-refractivity contribution in [1.82, 2.24) is 5.32 Å². The van der Waals surface area contributed by atoms with E-state index in [-0.39, 0.29) is 17.1 Å². The van der Waals surface area contributed by atoms with Crippen LogP contribution in [0, 0.1) is 5.82 Å². The summed E-state index contributed by atoms with van der Waals surface area (Å²) < 4.78 is 39.6. The largest absolute Gasteiger partial charge is 0.348 e. The van der Waals surface area contributed by atoms with Crippen LogP contribution in [0.15, 0.2) is 48.5 Å². The van der Waals surface area contributed by atoms with Crippen LogP contribution in [0.5, 0.6) is 0 Å². The van der Waals surface area contributed by atoms with Gasteiger partial charge in [0.1, 0.15) is 11.9 Å². The zero-order valence-electron chi connectivity index (χ0n) is 17.7. The molecule has 1 amide bonds. The van der Waals surface area contributed by atoms with Crippen LogP contribution in [-0.2, 0) is 20.2 Å². The van der Waals surface area contributed by atoms with Gasteiger partial charge in [-0.2, -0.15) is 0 Å². The summed E-state index contributed by atoms with van der Waals surface area (Å²) in [7, 11) is -3.87. The summed E-state index contributed by atoms with van der Waals surface area (Å²) in [4.78, 5) is 12.8. The Kier molecular flexibility index (Phi) is 6.73. The number of rotatable bonds is 6. The summed E-state index contributed by atoms with van der Waals surface area (Å²) >= 11 is 0. The van der Waals surface area contributed by atoms with Crippen molar-refractivity contribution in [2.75, 3.05) is 10.6 Å². The summed E-state index contributed by atoms with van der Waals surface area (Å²) in [5.74, 6) is -1.21. The van der Waals surface area contributed by atoms with Gasteiger partial charge in [-0.25, -0.2) is 12.8 Å². The summed E-state index contributed by atoms with van der Waals surface area (Å²) in [6.45, 7) is 9.63. The predicted octanol–water partition coefficient (Wildman–Crippen LogP) is 4.16. The van der Waals surface area contributed by atoms with Gasteiger partial charge >= 0.3 is 0 Å². The zero-order valence-corrected chi connectivity index (χ0v) is 18.5. The molecule has 2 aromatic carbocycles. The fraction of sp³-hybridized carbons (Fsp3) is 0.409. The van der Waals surface area contributed by atoms with E-state index in [1.54, 1.807) is 0 Å². The van der Waals surface area contributed by atoms with E-state index in [1.165, 1.54) is 30.7 Å². The van der Waals surface area contributed by atoms with E-state index in [0.29, 0.717) is 0 Å². The lowest BCUT2D eigenvalue weighted by Gasteiger charge is -2.29. The maximum absolute atomic E-state index is 14.2. The topological polar surface area (TPSA) is 66.5 Å². The highest BCUT2D eigenvalue weighted by molar-refractivity contribution is 7.92. The quantitative estimate of drug-likeness (QED) is 0.763. The molecule has 7 heteroatoms. The minimum Gasteiger partial charge on any atom is -0.348 e. The predicted molar refractivity (Wildman–Crippen MR) is 115 cm³/mol. The van der Waals surface area contributed by atoms with Crippen LogP contribution < -0.4 is 9.62 Å². The van der Waals surface area contributed by atoms with Crippen molar-refractivity contribution in [3.05, 3.63) is 65.5 Å². The minimum absolute atomic E-state index is 0.0231. The molecule has 158 valence electrons. The summed E-state index contributed by atoms with van der Waals surface area (Å²) in [6, 6.07) is 12.0. The van der Waals surface area contributed by atoms with Crippen LogP contribution >= 0.6 is 0 Å². The maximum Gasteiger partial charge on any atom is 0.244 e. The summed E-state index contributed by atoms with van der Waals surface area (Å²) in [5, 5.41) is 2.83. The smallest absolute Gasteiger partial charge is 0.244 e. The molecule has 1 N–H and O–H groups in total. The first-order valence-electron chi connectivity index (χ1n) is 9.47. The number of sulfonamides is 1. The van der Waals surface area contributed by atoms with Gasteiger partial charge in [0.15, 0.2) is 0 Å². The first-order chi connectivity index (χ1) is 13.3. The molecule has 0 spiro atoms. The minimum atomic E-state index is -3.87. The number of nitrogens with zero attached hydrogens (tertiary/aromatic N) is 1. The average molecular weight is 421 g/mol. The number of para-hydroxylation sites is 1.